The van der Waals surface area contributed by atoms with Gasteiger partial charge in [-0.25, -0.2) is 9.78 Å². The normalized spacial score (nSPS) is 26.2. The van der Waals surface area contributed by atoms with Crippen LogP contribution in [0.25, 0.3) is 0 Å². The molecule has 2 bridgehead atoms. The zero-order chi connectivity index (χ0) is 24.3. The van der Waals surface area contributed by atoms with Crippen LogP contribution in [0.3, 0.4) is 0 Å². The predicted molar refractivity (Wildman–Crippen MR) is 131 cm³/mol. The molecule has 188 valence electrons. The van der Waals surface area contributed by atoms with Crippen LogP contribution in [0.5, 0.6) is 0 Å². The first-order chi connectivity index (χ1) is 17.0. The van der Waals surface area contributed by atoms with Gasteiger partial charge in [0.15, 0.2) is 5.69 Å². The van der Waals surface area contributed by atoms with E-state index in [-0.39, 0.29) is 17.9 Å². The summed E-state index contributed by atoms with van der Waals surface area (Å²) in [5.41, 5.74) is 1.03. The number of nitrogens with one attached hydrogen (secondary N) is 1. The molecule has 3 fully saturated rings. The van der Waals surface area contributed by atoms with Crippen LogP contribution in [-0.4, -0.2) is 40.2 Å². The Hall–Kier alpha value is -2.67. The number of amides is 1. The van der Waals surface area contributed by atoms with Crippen molar-refractivity contribution in [2.24, 2.45) is 5.92 Å². The Morgan fingerprint density at radius 3 is 2.77 bits per heavy atom. The van der Waals surface area contributed by atoms with Gasteiger partial charge in [0.1, 0.15) is 6.26 Å². The van der Waals surface area contributed by atoms with E-state index in [1.807, 2.05) is 12.1 Å². The zero-order valence-corrected chi connectivity index (χ0v) is 20.3. The van der Waals surface area contributed by atoms with E-state index in [2.05, 4.69) is 10.3 Å². The average molecular weight is 481 g/mol. The van der Waals surface area contributed by atoms with E-state index in [1.165, 1.54) is 44.8 Å². The molecule has 0 spiro atoms. The first-order valence-electron chi connectivity index (χ1n) is 13.3. The predicted octanol–water partition coefficient (Wildman–Crippen LogP) is 5.50. The number of carboxylic acids is 1. The SMILES string of the molecule is O=C(NCCCCC1CCCCC1)c1coc(C2CC3(Cc4ccccc4C(=O)O)CCC2O3)n1. The largest absolute Gasteiger partial charge is 0.478 e. The molecule has 2 N–H and O–H groups in total. The number of oxazole rings is 1. The van der Waals surface area contributed by atoms with E-state index in [9.17, 15) is 14.7 Å². The molecule has 1 aromatic heterocycles. The first kappa shape index (κ1) is 24.0. The number of fused-ring (bicyclic) bond motifs is 2. The van der Waals surface area contributed by atoms with E-state index in [1.54, 1.807) is 12.1 Å². The smallest absolute Gasteiger partial charge is 0.335 e. The van der Waals surface area contributed by atoms with Crippen molar-refractivity contribution in [3.63, 3.8) is 0 Å². The summed E-state index contributed by atoms with van der Waals surface area (Å²) in [5.74, 6) is 0.302. The third-order valence-electron chi connectivity index (χ3n) is 8.21. The van der Waals surface area contributed by atoms with Gasteiger partial charge in [-0.05, 0) is 43.2 Å². The highest BCUT2D eigenvalue weighted by Gasteiger charge is 2.54. The second-order valence-corrected chi connectivity index (χ2v) is 10.7. The number of hydrogen-bond acceptors (Lipinski definition) is 5. The van der Waals surface area contributed by atoms with Crippen LogP contribution in [0.15, 0.2) is 34.9 Å². The van der Waals surface area contributed by atoms with Gasteiger partial charge in [0.25, 0.3) is 5.91 Å². The molecule has 3 unspecified atom stereocenters. The molecule has 1 aliphatic carbocycles. The molecule has 2 aromatic rings. The maximum Gasteiger partial charge on any atom is 0.335 e. The Balaban J connectivity index is 1.13. The van der Waals surface area contributed by atoms with Gasteiger partial charge in [-0.3, -0.25) is 4.79 Å². The van der Waals surface area contributed by atoms with E-state index >= 15 is 0 Å². The van der Waals surface area contributed by atoms with Crippen LogP contribution >= 0.6 is 0 Å². The number of carbonyl (C=O) groups excluding carboxylic acids is 1. The number of ether oxygens (including phenoxy) is 1. The number of aromatic nitrogens is 1. The van der Waals surface area contributed by atoms with Crippen molar-refractivity contribution in [2.75, 3.05) is 6.54 Å². The molecular weight excluding hydrogens is 444 g/mol. The first-order valence-corrected chi connectivity index (χ1v) is 13.3. The monoisotopic (exact) mass is 480 g/mol. The van der Waals surface area contributed by atoms with Crippen molar-refractivity contribution in [3.8, 4) is 0 Å². The van der Waals surface area contributed by atoms with Crippen LogP contribution in [0.4, 0.5) is 0 Å². The number of nitrogens with zero attached hydrogens (tertiary/aromatic N) is 1. The molecule has 7 nitrogen and oxygen atoms in total. The third-order valence-corrected chi connectivity index (χ3v) is 8.21. The number of carboxylic acid groups (broad SMARTS) is 1. The highest BCUT2D eigenvalue weighted by atomic mass is 16.5. The van der Waals surface area contributed by atoms with Gasteiger partial charge in [-0.15, -0.1) is 0 Å². The molecule has 1 aromatic carbocycles. The summed E-state index contributed by atoms with van der Waals surface area (Å²) < 4.78 is 12.1. The number of unbranched alkanes of at least 4 members (excludes halogenated alkanes) is 1. The lowest BCUT2D eigenvalue weighted by atomic mass is 9.77. The summed E-state index contributed by atoms with van der Waals surface area (Å²) in [7, 11) is 0. The molecule has 7 heteroatoms. The number of carbonyl (C=O) groups is 2. The van der Waals surface area contributed by atoms with E-state index in [0.717, 1.165) is 37.2 Å². The highest BCUT2D eigenvalue weighted by Crippen LogP contribution is 2.52. The van der Waals surface area contributed by atoms with Gasteiger partial charge in [-0.2, -0.15) is 0 Å². The fourth-order valence-electron chi connectivity index (χ4n) is 6.38. The van der Waals surface area contributed by atoms with E-state index < -0.39 is 11.6 Å². The molecule has 0 radical (unpaired) electrons. The summed E-state index contributed by atoms with van der Waals surface area (Å²) in [6.07, 6.45) is 14.8. The topological polar surface area (TPSA) is 102 Å². The number of rotatable bonds is 10. The Labute approximate surface area is 206 Å². The minimum atomic E-state index is -0.918. The maximum atomic E-state index is 12.6. The second-order valence-electron chi connectivity index (χ2n) is 10.7. The minimum Gasteiger partial charge on any atom is -0.478 e. The quantitative estimate of drug-likeness (QED) is 0.435. The fraction of sp³-hybridized carbons (Fsp3) is 0.607. The van der Waals surface area contributed by atoms with Crippen LogP contribution in [0, 0.1) is 5.92 Å². The van der Waals surface area contributed by atoms with Crippen molar-refractivity contribution in [1.29, 1.82) is 0 Å². The van der Waals surface area contributed by atoms with E-state index in [4.69, 9.17) is 9.15 Å². The van der Waals surface area contributed by atoms with Crippen LogP contribution in [0.1, 0.15) is 109 Å². The number of hydrogen-bond donors (Lipinski definition) is 2. The molecule has 3 atom stereocenters. The second kappa shape index (κ2) is 10.5. The molecule has 3 aliphatic rings. The van der Waals surface area contributed by atoms with Crippen molar-refractivity contribution in [3.05, 3.63) is 53.2 Å². The van der Waals surface area contributed by atoms with Gasteiger partial charge in [0.05, 0.1) is 23.2 Å². The fourth-order valence-corrected chi connectivity index (χ4v) is 6.38. The van der Waals surface area contributed by atoms with Crippen LogP contribution in [-0.2, 0) is 11.2 Å². The van der Waals surface area contributed by atoms with Crippen LogP contribution in [0.2, 0.25) is 0 Å². The van der Waals surface area contributed by atoms with Crippen molar-refractivity contribution in [1.82, 2.24) is 10.3 Å². The number of aromatic carboxylic acids is 1. The molecule has 1 amide bonds. The average Bonchev–Trinajstić information content (AvgIpc) is 3.59. The highest BCUT2D eigenvalue weighted by molar-refractivity contribution is 5.91. The lowest BCUT2D eigenvalue weighted by Gasteiger charge is -2.26. The zero-order valence-electron chi connectivity index (χ0n) is 20.3. The molecule has 1 saturated carbocycles. The molecule has 5 rings (SSSR count). The molecule has 35 heavy (non-hydrogen) atoms. The van der Waals surface area contributed by atoms with Gasteiger partial charge in [-0.1, -0.05) is 63.1 Å². The van der Waals surface area contributed by atoms with Gasteiger partial charge < -0.3 is 19.6 Å². The van der Waals surface area contributed by atoms with Gasteiger partial charge in [0.2, 0.25) is 5.89 Å². The third kappa shape index (κ3) is 5.45. The lowest BCUT2D eigenvalue weighted by Crippen LogP contribution is -2.29. The van der Waals surface area contributed by atoms with Crippen molar-refractivity contribution in [2.45, 2.75) is 94.7 Å². The standard InChI is InChI=1S/C28H36N2O5/c31-25(29-15-7-6-10-19-8-2-1-3-9-19)23-18-34-26(30-23)22-17-28(14-13-24(22)35-28)16-20-11-4-5-12-21(20)27(32)33/h4-5,11-12,18-19,22,24H,1-3,6-10,13-17H2,(H,29,31)(H,32,33). The minimum absolute atomic E-state index is 0.0126. The summed E-state index contributed by atoms with van der Waals surface area (Å²) in [5, 5.41) is 12.5. The Kier molecular flexibility index (Phi) is 7.23. The molecule has 2 saturated heterocycles. The number of benzene rings is 1. The maximum absolute atomic E-state index is 12.6. The summed E-state index contributed by atoms with van der Waals surface area (Å²) in [4.78, 5) is 28.7. The van der Waals surface area contributed by atoms with E-state index in [0.29, 0.717) is 36.5 Å². The van der Waals surface area contributed by atoms with Crippen molar-refractivity contribution >= 4 is 11.9 Å². The Bertz CT molecular complexity index is 1040. The molecule has 2 aliphatic heterocycles. The van der Waals surface area contributed by atoms with Crippen molar-refractivity contribution < 1.29 is 23.8 Å². The van der Waals surface area contributed by atoms with Gasteiger partial charge in [0, 0.05) is 13.0 Å². The summed E-state index contributed by atoms with van der Waals surface area (Å²) in [6.45, 7) is 0.662. The molecule has 3 heterocycles. The summed E-state index contributed by atoms with van der Waals surface area (Å²) in [6, 6.07) is 7.12. The lowest BCUT2D eigenvalue weighted by molar-refractivity contribution is 0.0122. The Morgan fingerprint density at radius 2 is 1.94 bits per heavy atom. The molecular formula is C28H36N2O5. The Morgan fingerprint density at radius 1 is 1.11 bits per heavy atom. The van der Waals surface area contributed by atoms with Crippen LogP contribution < -0.4 is 5.32 Å². The summed E-state index contributed by atoms with van der Waals surface area (Å²) >= 11 is 0. The van der Waals surface area contributed by atoms with Gasteiger partial charge >= 0.3 is 5.97 Å².